The molecule has 1 aliphatic heterocycles. The fourth-order valence-electron chi connectivity index (χ4n) is 2.46. The van der Waals surface area contributed by atoms with Crippen LogP contribution in [0.1, 0.15) is 31.9 Å². The molecule has 0 aliphatic carbocycles. The lowest BCUT2D eigenvalue weighted by atomic mass is 9.83. The monoisotopic (exact) mass is 297 g/mol. The van der Waals surface area contributed by atoms with Gasteiger partial charge >= 0.3 is 0 Å². The summed E-state index contributed by atoms with van der Waals surface area (Å²) in [4.78, 5) is 16.1. The number of aromatic nitrogens is 1. The van der Waals surface area contributed by atoms with Crippen LogP contribution in [-0.4, -0.2) is 30.5 Å². The zero-order valence-electron chi connectivity index (χ0n) is 12.0. The predicted octanol–water partition coefficient (Wildman–Crippen LogP) is 1.94. The molecule has 2 heterocycles. The van der Waals surface area contributed by atoms with E-state index >= 15 is 0 Å². The van der Waals surface area contributed by atoms with Crippen molar-refractivity contribution in [3.8, 4) is 0 Å². The van der Waals surface area contributed by atoms with Crippen LogP contribution in [0.2, 0.25) is 0 Å². The Morgan fingerprint density at radius 1 is 1.50 bits per heavy atom. The van der Waals surface area contributed by atoms with Crippen LogP contribution >= 0.6 is 12.4 Å². The van der Waals surface area contributed by atoms with Crippen molar-refractivity contribution in [3.63, 3.8) is 0 Å². The second-order valence-corrected chi connectivity index (χ2v) is 5.69. The van der Waals surface area contributed by atoms with Crippen molar-refractivity contribution in [2.24, 2.45) is 5.41 Å². The summed E-state index contributed by atoms with van der Waals surface area (Å²) >= 11 is 0. The molecule has 1 aromatic heterocycles. The maximum Gasteiger partial charge on any atom is 0.220 e. The van der Waals surface area contributed by atoms with Crippen LogP contribution in [0.25, 0.3) is 0 Å². The molecule has 2 rings (SSSR count). The van der Waals surface area contributed by atoms with Crippen LogP contribution in [0.3, 0.4) is 0 Å². The summed E-state index contributed by atoms with van der Waals surface area (Å²) in [5.74, 6) is 0.123. The third-order valence-corrected chi connectivity index (χ3v) is 3.73. The van der Waals surface area contributed by atoms with E-state index in [4.69, 9.17) is 0 Å². The molecule has 1 atom stereocenters. The van der Waals surface area contributed by atoms with Gasteiger partial charge in [0.15, 0.2) is 0 Å². The molecule has 2 N–H and O–H groups in total. The van der Waals surface area contributed by atoms with Crippen LogP contribution in [0.5, 0.6) is 0 Å². The highest BCUT2D eigenvalue weighted by molar-refractivity contribution is 5.85. The maximum absolute atomic E-state index is 11.8. The van der Waals surface area contributed by atoms with Crippen molar-refractivity contribution < 1.29 is 4.79 Å². The first-order valence-corrected chi connectivity index (χ1v) is 7.05. The first-order chi connectivity index (χ1) is 9.18. The van der Waals surface area contributed by atoms with Gasteiger partial charge in [0, 0.05) is 31.4 Å². The van der Waals surface area contributed by atoms with Crippen molar-refractivity contribution in [1.29, 1.82) is 0 Å². The molecule has 0 spiro atoms. The summed E-state index contributed by atoms with van der Waals surface area (Å²) in [5.41, 5.74) is 1.18. The van der Waals surface area contributed by atoms with Crippen LogP contribution < -0.4 is 10.6 Å². The third kappa shape index (κ3) is 5.47. The molecule has 20 heavy (non-hydrogen) atoms. The molecule has 1 amide bonds. The second kappa shape index (κ2) is 8.22. The van der Waals surface area contributed by atoms with Gasteiger partial charge in [-0.1, -0.05) is 13.0 Å². The second-order valence-electron chi connectivity index (χ2n) is 5.69. The summed E-state index contributed by atoms with van der Waals surface area (Å²) in [6, 6.07) is 5.80. The number of rotatable bonds is 5. The van der Waals surface area contributed by atoms with Gasteiger partial charge in [-0.25, -0.2) is 0 Å². The summed E-state index contributed by atoms with van der Waals surface area (Å²) in [6.45, 7) is 5.09. The topological polar surface area (TPSA) is 54.0 Å². The Balaban J connectivity index is 0.00000200. The number of hydrogen-bond donors (Lipinski definition) is 2. The Morgan fingerprint density at radius 3 is 3.00 bits per heavy atom. The highest BCUT2D eigenvalue weighted by Crippen LogP contribution is 2.24. The highest BCUT2D eigenvalue weighted by Gasteiger charge is 2.26. The van der Waals surface area contributed by atoms with Crippen LogP contribution in [0.15, 0.2) is 24.4 Å². The van der Waals surface area contributed by atoms with Crippen molar-refractivity contribution >= 4 is 18.3 Å². The molecule has 5 heteroatoms. The first-order valence-electron chi connectivity index (χ1n) is 7.05. The molecule has 0 saturated carbocycles. The number of carbonyl (C=O) groups is 1. The van der Waals surface area contributed by atoms with Gasteiger partial charge in [0.05, 0.1) is 0 Å². The molecule has 0 radical (unpaired) electrons. The van der Waals surface area contributed by atoms with Gasteiger partial charge < -0.3 is 10.6 Å². The number of pyridine rings is 1. The number of piperidine rings is 1. The Kier molecular flexibility index (Phi) is 6.96. The molecule has 1 aromatic rings. The minimum Gasteiger partial charge on any atom is -0.355 e. The zero-order chi connectivity index (χ0) is 13.6. The molecule has 112 valence electrons. The Morgan fingerprint density at radius 2 is 2.35 bits per heavy atom. The average Bonchev–Trinajstić information content (AvgIpc) is 2.45. The SMILES string of the molecule is CC1(CNC(=O)CCc2ccccn2)CCCNC1.Cl. The molecule has 0 aromatic carbocycles. The lowest BCUT2D eigenvalue weighted by molar-refractivity contribution is -0.121. The Hall–Kier alpha value is -1.13. The molecular formula is C15H24ClN3O. The van der Waals surface area contributed by atoms with E-state index in [-0.39, 0.29) is 23.7 Å². The summed E-state index contributed by atoms with van der Waals surface area (Å²) in [6.07, 6.45) is 5.37. The van der Waals surface area contributed by atoms with E-state index < -0.39 is 0 Å². The summed E-state index contributed by atoms with van der Waals surface area (Å²) in [5, 5.41) is 6.45. The number of nitrogens with one attached hydrogen (secondary N) is 2. The van der Waals surface area contributed by atoms with Crippen molar-refractivity contribution in [3.05, 3.63) is 30.1 Å². The quantitative estimate of drug-likeness (QED) is 0.873. The normalized spacial score (nSPS) is 21.9. The van der Waals surface area contributed by atoms with Crippen molar-refractivity contribution in [2.45, 2.75) is 32.6 Å². The standard InChI is InChI=1S/C15H23N3O.ClH/c1-15(8-4-9-16-11-15)12-18-14(19)7-6-13-5-2-3-10-17-13;/h2-3,5,10,16H,4,6-9,11-12H2,1H3,(H,18,19);1H. The smallest absolute Gasteiger partial charge is 0.220 e. The van der Waals surface area contributed by atoms with Gasteiger partial charge in [0.1, 0.15) is 0 Å². The lowest BCUT2D eigenvalue weighted by Gasteiger charge is -2.34. The van der Waals surface area contributed by atoms with E-state index in [1.807, 2.05) is 18.2 Å². The Bertz CT molecular complexity index is 405. The molecular weight excluding hydrogens is 274 g/mol. The molecule has 1 aliphatic rings. The number of amides is 1. The number of carbonyl (C=O) groups excluding carboxylic acids is 1. The molecule has 0 bridgehead atoms. The van der Waals surface area contributed by atoms with Crippen LogP contribution in [0.4, 0.5) is 0 Å². The minimum absolute atomic E-state index is 0. The van der Waals surface area contributed by atoms with Gasteiger partial charge in [0.2, 0.25) is 5.91 Å². The highest BCUT2D eigenvalue weighted by atomic mass is 35.5. The average molecular weight is 298 g/mol. The molecule has 1 saturated heterocycles. The van der Waals surface area contributed by atoms with Crippen molar-refractivity contribution in [1.82, 2.24) is 15.6 Å². The molecule has 4 nitrogen and oxygen atoms in total. The first kappa shape index (κ1) is 16.9. The number of hydrogen-bond acceptors (Lipinski definition) is 3. The van der Waals surface area contributed by atoms with E-state index in [9.17, 15) is 4.79 Å². The fourth-order valence-corrected chi connectivity index (χ4v) is 2.46. The maximum atomic E-state index is 11.8. The third-order valence-electron chi connectivity index (χ3n) is 3.73. The van der Waals surface area contributed by atoms with Crippen LogP contribution in [-0.2, 0) is 11.2 Å². The summed E-state index contributed by atoms with van der Waals surface area (Å²) in [7, 11) is 0. The van der Waals surface area contributed by atoms with E-state index in [2.05, 4.69) is 22.5 Å². The van der Waals surface area contributed by atoms with E-state index in [0.717, 1.165) is 25.3 Å². The van der Waals surface area contributed by atoms with Gasteiger partial charge in [-0.2, -0.15) is 0 Å². The van der Waals surface area contributed by atoms with Gasteiger partial charge in [0.25, 0.3) is 0 Å². The Labute approximate surface area is 127 Å². The minimum atomic E-state index is 0. The molecule has 1 unspecified atom stereocenters. The predicted molar refractivity (Wildman–Crippen MR) is 83.0 cm³/mol. The molecule has 1 fully saturated rings. The van der Waals surface area contributed by atoms with Crippen LogP contribution in [0, 0.1) is 5.41 Å². The van der Waals surface area contributed by atoms with E-state index in [1.165, 1.54) is 12.8 Å². The van der Waals surface area contributed by atoms with E-state index in [1.54, 1.807) is 6.20 Å². The number of halogens is 1. The fraction of sp³-hybridized carbons (Fsp3) is 0.600. The van der Waals surface area contributed by atoms with E-state index in [0.29, 0.717) is 12.8 Å². The number of aryl methyl sites for hydroxylation is 1. The number of nitrogens with zero attached hydrogens (tertiary/aromatic N) is 1. The lowest BCUT2D eigenvalue weighted by Crippen LogP contribution is -2.45. The van der Waals surface area contributed by atoms with Gasteiger partial charge in [-0.15, -0.1) is 12.4 Å². The summed E-state index contributed by atoms with van der Waals surface area (Å²) < 4.78 is 0. The van der Waals surface area contributed by atoms with Gasteiger partial charge in [-0.05, 0) is 43.4 Å². The van der Waals surface area contributed by atoms with Gasteiger partial charge in [-0.3, -0.25) is 9.78 Å². The van der Waals surface area contributed by atoms with Crippen molar-refractivity contribution in [2.75, 3.05) is 19.6 Å². The largest absolute Gasteiger partial charge is 0.355 e. The zero-order valence-corrected chi connectivity index (χ0v) is 12.8.